The first-order valence-electron chi connectivity index (χ1n) is 8.16. The van der Waals surface area contributed by atoms with Crippen molar-refractivity contribution in [3.05, 3.63) is 17.5 Å². The molecule has 0 unspecified atom stereocenters. The number of rotatable bonds is 3. The maximum Gasteiger partial charge on any atom is 0.225 e. The Kier molecular flexibility index (Phi) is 4.58. The summed E-state index contributed by atoms with van der Waals surface area (Å²) in [6.07, 6.45) is 5.93. The minimum Gasteiger partial charge on any atom is -0.360 e. The average molecular weight is 291 g/mol. The molecular formula is C16H25N3O2. The quantitative estimate of drug-likeness (QED) is 0.856. The Bertz CT molecular complexity index is 472. The summed E-state index contributed by atoms with van der Waals surface area (Å²) in [5.74, 6) is 1.60. The van der Waals surface area contributed by atoms with Gasteiger partial charge in [0.25, 0.3) is 0 Å². The lowest BCUT2D eigenvalue weighted by molar-refractivity contribution is -0.138. The van der Waals surface area contributed by atoms with Gasteiger partial charge >= 0.3 is 0 Å². The van der Waals surface area contributed by atoms with Gasteiger partial charge in [0.15, 0.2) is 5.76 Å². The van der Waals surface area contributed by atoms with E-state index in [1.54, 1.807) is 0 Å². The summed E-state index contributed by atoms with van der Waals surface area (Å²) >= 11 is 0. The predicted molar refractivity (Wildman–Crippen MR) is 79.7 cm³/mol. The molecule has 1 saturated carbocycles. The normalized spacial score (nSPS) is 21.7. The third kappa shape index (κ3) is 3.64. The van der Waals surface area contributed by atoms with E-state index in [2.05, 4.69) is 15.0 Å². The van der Waals surface area contributed by atoms with Crippen molar-refractivity contribution in [3.63, 3.8) is 0 Å². The van der Waals surface area contributed by atoms with Crippen molar-refractivity contribution >= 4 is 5.91 Å². The van der Waals surface area contributed by atoms with E-state index < -0.39 is 0 Å². The molecule has 2 heterocycles. The molecule has 1 aromatic heterocycles. The van der Waals surface area contributed by atoms with Gasteiger partial charge in [-0.3, -0.25) is 9.69 Å². The number of carbonyl (C=O) groups is 1. The van der Waals surface area contributed by atoms with E-state index in [-0.39, 0.29) is 0 Å². The van der Waals surface area contributed by atoms with E-state index in [1.165, 1.54) is 19.3 Å². The molecule has 1 aromatic rings. The molecule has 1 aliphatic heterocycles. The van der Waals surface area contributed by atoms with Gasteiger partial charge in [-0.15, -0.1) is 0 Å². The highest BCUT2D eigenvalue weighted by Crippen LogP contribution is 2.26. The minimum absolute atomic E-state index is 0.294. The molecule has 1 amide bonds. The smallest absolute Gasteiger partial charge is 0.225 e. The van der Waals surface area contributed by atoms with Crippen LogP contribution >= 0.6 is 0 Å². The summed E-state index contributed by atoms with van der Waals surface area (Å²) in [5, 5.41) is 3.92. The van der Waals surface area contributed by atoms with Crippen molar-refractivity contribution in [2.24, 2.45) is 5.92 Å². The molecule has 1 aliphatic carbocycles. The van der Waals surface area contributed by atoms with Crippen LogP contribution in [-0.2, 0) is 11.3 Å². The first-order chi connectivity index (χ1) is 10.2. The molecule has 0 aromatic carbocycles. The highest BCUT2D eigenvalue weighted by molar-refractivity contribution is 5.79. The van der Waals surface area contributed by atoms with Crippen molar-refractivity contribution in [3.8, 4) is 0 Å². The molecule has 116 valence electrons. The van der Waals surface area contributed by atoms with E-state index in [1.807, 2.05) is 13.0 Å². The number of hydrogen-bond acceptors (Lipinski definition) is 4. The van der Waals surface area contributed by atoms with Crippen molar-refractivity contribution in [2.75, 3.05) is 26.2 Å². The lowest BCUT2D eigenvalue weighted by Gasteiger charge is -2.36. The SMILES string of the molecule is Cc1cc(CN2CCN(C(=O)C3CCCCC3)CC2)on1. The molecule has 3 rings (SSSR count). The van der Waals surface area contributed by atoms with E-state index in [4.69, 9.17) is 4.52 Å². The van der Waals surface area contributed by atoms with Gasteiger partial charge in [0.05, 0.1) is 12.2 Å². The third-order valence-corrected chi connectivity index (χ3v) is 4.69. The van der Waals surface area contributed by atoms with Crippen LogP contribution in [0.25, 0.3) is 0 Å². The van der Waals surface area contributed by atoms with Crippen LogP contribution in [0, 0.1) is 12.8 Å². The molecule has 5 nitrogen and oxygen atoms in total. The van der Waals surface area contributed by atoms with Crippen LogP contribution in [0.3, 0.4) is 0 Å². The number of aromatic nitrogens is 1. The topological polar surface area (TPSA) is 49.6 Å². The molecule has 21 heavy (non-hydrogen) atoms. The second-order valence-corrected chi connectivity index (χ2v) is 6.37. The van der Waals surface area contributed by atoms with Crippen molar-refractivity contribution < 1.29 is 9.32 Å². The Morgan fingerprint density at radius 1 is 1.24 bits per heavy atom. The Morgan fingerprint density at radius 2 is 1.95 bits per heavy atom. The van der Waals surface area contributed by atoms with E-state index >= 15 is 0 Å². The van der Waals surface area contributed by atoms with Gasteiger partial charge in [0.1, 0.15) is 0 Å². The standard InChI is InChI=1S/C16H25N3O2/c1-13-11-15(21-17-13)12-18-7-9-19(10-8-18)16(20)14-5-3-2-4-6-14/h11,14H,2-10,12H2,1H3. The van der Waals surface area contributed by atoms with Gasteiger partial charge in [-0.25, -0.2) is 0 Å². The Hall–Kier alpha value is -1.36. The molecule has 0 bridgehead atoms. The molecule has 2 fully saturated rings. The van der Waals surface area contributed by atoms with Gasteiger partial charge in [-0.1, -0.05) is 24.4 Å². The molecule has 0 radical (unpaired) electrons. The number of carbonyl (C=O) groups excluding carboxylic acids is 1. The molecule has 0 N–H and O–H groups in total. The molecule has 0 atom stereocenters. The van der Waals surface area contributed by atoms with E-state index in [9.17, 15) is 4.79 Å². The van der Waals surface area contributed by atoms with Gasteiger partial charge in [0.2, 0.25) is 5.91 Å². The third-order valence-electron chi connectivity index (χ3n) is 4.69. The van der Waals surface area contributed by atoms with Crippen LogP contribution < -0.4 is 0 Å². The number of hydrogen-bond donors (Lipinski definition) is 0. The van der Waals surface area contributed by atoms with Gasteiger partial charge in [-0.2, -0.15) is 0 Å². The molecule has 1 saturated heterocycles. The van der Waals surface area contributed by atoms with Crippen molar-refractivity contribution in [2.45, 2.75) is 45.6 Å². The Labute approximate surface area is 126 Å². The van der Waals surface area contributed by atoms with E-state index in [0.29, 0.717) is 11.8 Å². The highest BCUT2D eigenvalue weighted by Gasteiger charge is 2.28. The summed E-state index contributed by atoms with van der Waals surface area (Å²) < 4.78 is 5.26. The minimum atomic E-state index is 0.294. The first kappa shape index (κ1) is 14.6. The summed E-state index contributed by atoms with van der Waals surface area (Å²) in [7, 11) is 0. The van der Waals surface area contributed by atoms with Crippen LogP contribution in [0.2, 0.25) is 0 Å². The molecule has 2 aliphatic rings. The number of amides is 1. The number of aryl methyl sites for hydroxylation is 1. The fraction of sp³-hybridized carbons (Fsp3) is 0.750. The monoisotopic (exact) mass is 291 g/mol. The fourth-order valence-electron chi connectivity index (χ4n) is 3.45. The summed E-state index contributed by atoms with van der Waals surface area (Å²) in [5.41, 5.74) is 0.927. The fourth-order valence-corrected chi connectivity index (χ4v) is 3.45. The summed E-state index contributed by atoms with van der Waals surface area (Å²) in [4.78, 5) is 16.9. The number of piperazine rings is 1. The zero-order valence-corrected chi connectivity index (χ0v) is 12.9. The van der Waals surface area contributed by atoms with Gasteiger partial charge < -0.3 is 9.42 Å². The first-order valence-corrected chi connectivity index (χ1v) is 8.16. The average Bonchev–Trinajstić information content (AvgIpc) is 2.93. The van der Waals surface area contributed by atoms with Crippen molar-refractivity contribution in [1.82, 2.24) is 15.0 Å². The number of nitrogens with zero attached hydrogens (tertiary/aromatic N) is 3. The Balaban J connectivity index is 1.47. The maximum absolute atomic E-state index is 12.5. The molecule has 5 heteroatoms. The van der Waals surface area contributed by atoms with Crippen LogP contribution in [0.15, 0.2) is 10.6 Å². The zero-order valence-electron chi connectivity index (χ0n) is 12.9. The van der Waals surface area contributed by atoms with Crippen LogP contribution in [0.4, 0.5) is 0 Å². The molecule has 0 spiro atoms. The van der Waals surface area contributed by atoms with Gasteiger partial charge in [-0.05, 0) is 19.8 Å². The maximum atomic E-state index is 12.5. The Morgan fingerprint density at radius 3 is 2.57 bits per heavy atom. The van der Waals surface area contributed by atoms with E-state index in [0.717, 1.165) is 57.0 Å². The zero-order chi connectivity index (χ0) is 14.7. The highest BCUT2D eigenvalue weighted by atomic mass is 16.5. The second kappa shape index (κ2) is 6.60. The molecular weight excluding hydrogens is 266 g/mol. The lowest BCUT2D eigenvalue weighted by Crippen LogP contribution is -2.50. The lowest BCUT2D eigenvalue weighted by atomic mass is 9.88. The summed E-state index contributed by atoms with van der Waals surface area (Å²) in [6, 6.07) is 1.99. The van der Waals surface area contributed by atoms with Crippen LogP contribution in [0.5, 0.6) is 0 Å². The van der Waals surface area contributed by atoms with Gasteiger partial charge in [0, 0.05) is 38.2 Å². The largest absolute Gasteiger partial charge is 0.360 e. The summed E-state index contributed by atoms with van der Waals surface area (Å²) in [6.45, 7) is 6.29. The second-order valence-electron chi connectivity index (χ2n) is 6.37. The van der Waals surface area contributed by atoms with Crippen LogP contribution in [0.1, 0.15) is 43.6 Å². The van der Waals surface area contributed by atoms with Crippen LogP contribution in [-0.4, -0.2) is 47.0 Å². The predicted octanol–water partition coefficient (Wildman–Crippen LogP) is 2.21. The van der Waals surface area contributed by atoms with Crippen molar-refractivity contribution in [1.29, 1.82) is 0 Å².